The van der Waals surface area contributed by atoms with Crippen molar-refractivity contribution in [3.8, 4) is 5.75 Å². The Bertz CT molecular complexity index is 955. The number of piperidine rings is 1. The first-order valence-electron chi connectivity index (χ1n) is 11.6. The maximum atomic E-state index is 13.3. The van der Waals surface area contributed by atoms with Gasteiger partial charge in [-0.1, -0.05) is 42.5 Å². The molecule has 2 aromatic carbocycles. The summed E-state index contributed by atoms with van der Waals surface area (Å²) >= 11 is 0. The van der Waals surface area contributed by atoms with Crippen LogP contribution < -0.4 is 4.74 Å². The van der Waals surface area contributed by atoms with Crippen LogP contribution in [-0.4, -0.2) is 79.1 Å². The molecule has 1 fully saturated rings. The molecule has 7 nitrogen and oxygen atoms in total. The van der Waals surface area contributed by atoms with E-state index in [4.69, 9.17) is 9.47 Å². The fourth-order valence-corrected chi connectivity index (χ4v) is 4.51. The highest BCUT2D eigenvalue weighted by Gasteiger charge is 2.43. The van der Waals surface area contributed by atoms with Crippen LogP contribution in [0.4, 0.5) is 4.79 Å². The fraction of sp³-hybridized carbons (Fsp3) is 0.462. The van der Waals surface area contributed by atoms with Crippen LogP contribution in [0, 0.1) is 0 Å². The number of nitrogens with zero attached hydrogens (tertiary/aromatic N) is 3. The number of para-hydroxylation sites is 1. The van der Waals surface area contributed by atoms with Crippen molar-refractivity contribution in [2.45, 2.75) is 31.5 Å². The molecule has 2 heterocycles. The van der Waals surface area contributed by atoms with Gasteiger partial charge in [0, 0.05) is 32.5 Å². The lowest BCUT2D eigenvalue weighted by Crippen LogP contribution is -2.55. The topological polar surface area (TPSA) is 62.3 Å². The molecule has 0 radical (unpaired) electrons. The van der Waals surface area contributed by atoms with Gasteiger partial charge in [-0.05, 0) is 44.8 Å². The van der Waals surface area contributed by atoms with Gasteiger partial charge in [0.15, 0.2) is 0 Å². The summed E-state index contributed by atoms with van der Waals surface area (Å²) in [6.07, 6.45) is 1.90. The van der Waals surface area contributed by atoms with Gasteiger partial charge in [-0.15, -0.1) is 0 Å². The van der Waals surface area contributed by atoms with Gasteiger partial charge in [0.05, 0.1) is 12.1 Å². The minimum absolute atomic E-state index is 0.0194. The van der Waals surface area contributed by atoms with E-state index in [0.29, 0.717) is 50.3 Å². The molecule has 4 rings (SSSR count). The first-order chi connectivity index (χ1) is 16.0. The maximum absolute atomic E-state index is 13.3. The van der Waals surface area contributed by atoms with Crippen molar-refractivity contribution >= 4 is 12.0 Å². The Morgan fingerprint density at radius 1 is 1.06 bits per heavy atom. The van der Waals surface area contributed by atoms with Gasteiger partial charge in [-0.2, -0.15) is 0 Å². The predicted octanol–water partition coefficient (Wildman–Crippen LogP) is 3.64. The van der Waals surface area contributed by atoms with Crippen LogP contribution >= 0.6 is 0 Å². The molecule has 1 saturated heterocycles. The lowest BCUT2D eigenvalue weighted by atomic mass is 9.90. The molecule has 2 aromatic rings. The number of ether oxygens (including phenoxy) is 2. The molecule has 1 spiro atoms. The number of rotatable bonds is 6. The zero-order valence-corrected chi connectivity index (χ0v) is 19.5. The molecule has 2 amide bonds. The number of hydrogen-bond acceptors (Lipinski definition) is 5. The molecule has 0 aromatic heterocycles. The molecular weight excluding hydrogens is 418 g/mol. The first-order valence-corrected chi connectivity index (χ1v) is 11.6. The van der Waals surface area contributed by atoms with E-state index in [1.54, 1.807) is 4.90 Å². The van der Waals surface area contributed by atoms with E-state index in [9.17, 15) is 9.59 Å². The van der Waals surface area contributed by atoms with Gasteiger partial charge < -0.3 is 24.2 Å². The Kier molecular flexibility index (Phi) is 7.18. The zero-order valence-electron chi connectivity index (χ0n) is 19.5. The zero-order chi connectivity index (χ0) is 23.3. The molecule has 2 aliphatic heterocycles. The molecule has 2 aliphatic rings. The van der Waals surface area contributed by atoms with E-state index in [1.165, 1.54) is 0 Å². The third kappa shape index (κ3) is 5.66. The van der Waals surface area contributed by atoms with Gasteiger partial charge in [-0.25, -0.2) is 4.79 Å². The Labute approximate surface area is 195 Å². The SMILES string of the molecule is CN(C)CCCN1CC2(CCN(C(=O)OCc3ccccc3)CC2)Oc2ccccc2C1=O. The Balaban J connectivity index is 1.42. The molecule has 0 unspecified atom stereocenters. The highest BCUT2D eigenvalue weighted by atomic mass is 16.6. The summed E-state index contributed by atoms with van der Waals surface area (Å²) in [5.41, 5.74) is 1.08. The van der Waals surface area contributed by atoms with Crippen molar-refractivity contribution in [2.24, 2.45) is 0 Å². The smallest absolute Gasteiger partial charge is 0.410 e. The van der Waals surface area contributed by atoms with Crippen LogP contribution in [0.15, 0.2) is 54.6 Å². The van der Waals surface area contributed by atoms with Crippen LogP contribution in [0.25, 0.3) is 0 Å². The number of likely N-dealkylation sites (tertiary alicyclic amines) is 1. The van der Waals surface area contributed by atoms with E-state index in [0.717, 1.165) is 18.5 Å². The Morgan fingerprint density at radius 3 is 2.48 bits per heavy atom. The summed E-state index contributed by atoms with van der Waals surface area (Å²) < 4.78 is 12.0. The second-order valence-electron chi connectivity index (χ2n) is 9.19. The normalized spacial score (nSPS) is 17.5. The van der Waals surface area contributed by atoms with E-state index >= 15 is 0 Å². The van der Waals surface area contributed by atoms with Gasteiger partial charge in [0.1, 0.15) is 18.0 Å². The number of amides is 2. The average molecular weight is 452 g/mol. The summed E-state index contributed by atoms with van der Waals surface area (Å²) in [7, 11) is 4.08. The number of carbonyl (C=O) groups excluding carboxylic acids is 2. The third-order valence-corrected chi connectivity index (χ3v) is 6.38. The molecule has 0 saturated carbocycles. The minimum atomic E-state index is -0.503. The molecule has 0 aliphatic carbocycles. The van der Waals surface area contributed by atoms with Gasteiger partial charge >= 0.3 is 6.09 Å². The highest BCUT2D eigenvalue weighted by Crippen LogP contribution is 2.35. The van der Waals surface area contributed by atoms with Crippen LogP contribution in [0.5, 0.6) is 5.75 Å². The molecule has 176 valence electrons. The summed E-state index contributed by atoms with van der Waals surface area (Å²) in [6.45, 7) is 3.46. The number of hydrogen-bond donors (Lipinski definition) is 0. The minimum Gasteiger partial charge on any atom is -0.484 e. The second-order valence-corrected chi connectivity index (χ2v) is 9.19. The first kappa shape index (κ1) is 23.1. The van der Waals surface area contributed by atoms with Crippen molar-refractivity contribution in [1.82, 2.24) is 14.7 Å². The van der Waals surface area contributed by atoms with Crippen molar-refractivity contribution in [2.75, 3.05) is 46.8 Å². The summed E-state index contributed by atoms with van der Waals surface area (Å²) in [5.74, 6) is 0.656. The number of benzene rings is 2. The second kappa shape index (κ2) is 10.3. The molecule has 0 N–H and O–H groups in total. The molecule has 7 heteroatoms. The highest BCUT2D eigenvalue weighted by molar-refractivity contribution is 5.97. The average Bonchev–Trinajstić information content (AvgIpc) is 2.93. The summed E-state index contributed by atoms with van der Waals surface area (Å²) in [6, 6.07) is 17.2. The van der Waals surface area contributed by atoms with Crippen LogP contribution in [0.2, 0.25) is 0 Å². The maximum Gasteiger partial charge on any atom is 0.410 e. The number of carbonyl (C=O) groups is 2. The summed E-state index contributed by atoms with van der Waals surface area (Å²) in [4.78, 5) is 31.7. The van der Waals surface area contributed by atoms with Crippen LogP contribution in [0.3, 0.4) is 0 Å². The number of fused-ring (bicyclic) bond motifs is 1. The van der Waals surface area contributed by atoms with Crippen LogP contribution in [0.1, 0.15) is 35.2 Å². The Hall–Kier alpha value is -3.06. The van der Waals surface area contributed by atoms with E-state index in [1.807, 2.05) is 73.6 Å². The van der Waals surface area contributed by atoms with Crippen molar-refractivity contribution in [3.05, 3.63) is 65.7 Å². The van der Waals surface area contributed by atoms with Crippen molar-refractivity contribution in [1.29, 1.82) is 0 Å². The quantitative estimate of drug-likeness (QED) is 0.671. The molecule has 0 bridgehead atoms. The van der Waals surface area contributed by atoms with E-state index in [2.05, 4.69) is 4.90 Å². The predicted molar refractivity (Wildman–Crippen MR) is 126 cm³/mol. The summed E-state index contributed by atoms with van der Waals surface area (Å²) in [5, 5.41) is 0. The van der Waals surface area contributed by atoms with Crippen LogP contribution in [-0.2, 0) is 11.3 Å². The van der Waals surface area contributed by atoms with E-state index in [-0.39, 0.29) is 18.6 Å². The monoisotopic (exact) mass is 451 g/mol. The lowest BCUT2D eigenvalue weighted by Gasteiger charge is -2.42. The molecule has 0 atom stereocenters. The van der Waals surface area contributed by atoms with Gasteiger partial charge in [0.25, 0.3) is 5.91 Å². The largest absolute Gasteiger partial charge is 0.484 e. The standard InChI is InChI=1S/C26H33N3O4/c1-27(2)15-8-16-29-20-26(33-23-12-7-6-11-22(23)24(29)30)13-17-28(18-14-26)25(31)32-19-21-9-4-3-5-10-21/h3-7,9-12H,8,13-20H2,1-2H3. The fourth-order valence-electron chi connectivity index (χ4n) is 4.51. The molecular formula is C26H33N3O4. The lowest BCUT2D eigenvalue weighted by molar-refractivity contribution is -0.0161. The van der Waals surface area contributed by atoms with Crippen molar-refractivity contribution < 1.29 is 19.1 Å². The Morgan fingerprint density at radius 2 is 1.76 bits per heavy atom. The van der Waals surface area contributed by atoms with Crippen molar-refractivity contribution in [3.63, 3.8) is 0 Å². The molecule has 33 heavy (non-hydrogen) atoms. The third-order valence-electron chi connectivity index (χ3n) is 6.38. The van der Waals surface area contributed by atoms with Gasteiger partial charge in [-0.3, -0.25) is 4.79 Å². The van der Waals surface area contributed by atoms with Gasteiger partial charge in [0.2, 0.25) is 0 Å². The van der Waals surface area contributed by atoms with E-state index < -0.39 is 5.60 Å².